The summed E-state index contributed by atoms with van der Waals surface area (Å²) in [7, 11) is 0. The molecule has 0 spiro atoms. The molecule has 6 heteroatoms. The van der Waals surface area contributed by atoms with E-state index in [2.05, 4.69) is 46.8 Å². The van der Waals surface area contributed by atoms with Crippen molar-refractivity contribution in [3.05, 3.63) is 18.0 Å². The predicted octanol–water partition coefficient (Wildman–Crippen LogP) is 2.96. The Morgan fingerprint density at radius 2 is 1.90 bits per heavy atom. The van der Waals surface area contributed by atoms with Crippen molar-refractivity contribution in [3.63, 3.8) is 0 Å². The third-order valence-corrected chi connectivity index (χ3v) is 3.27. The number of rotatable bonds is 10. The van der Waals surface area contributed by atoms with Gasteiger partial charge in [0.1, 0.15) is 0 Å². The number of aryl methyl sites for hydroxylation is 1. The number of nitrogens with zero attached hydrogens (tertiary/aromatic N) is 3. The quantitative estimate of drug-likeness (QED) is 0.672. The molecule has 1 aromatic heterocycles. The van der Waals surface area contributed by atoms with Crippen LogP contribution < -0.4 is 5.32 Å². The number of nitrogens with one attached hydrogen (secondary N) is 1. The Labute approximate surface area is 136 Å². The molecule has 1 aromatic rings. The fraction of sp³-hybridized carbons (Fsp3) is 0.786. The number of hydrogen-bond donors (Lipinski definition) is 1. The van der Waals surface area contributed by atoms with Gasteiger partial charge in [0.15, 0.2) is 0 Å². The second-order valence-corrected chi connectivity index (χ2v) is 4.60. The summed E-state index contributed by atoms with van der Waals surface area (Å²) in [6.45, 7) is 13.1. The van der Waals surface area contributed by atoms with Crippen molar-refractivity contribution in [1.29, 1.82) is 0 Å². The molecule has 0 bridgehead atoms. The molecule has 0 aromatic carbocycles. The smallest absolute Gasteiger partial charge is 0.0522 e. The van der Waals surface area contributed by atoms with Crippen LogP contribution in [0.15, 0.2) is 12.3 Å². The normalized spacial score (nSPS) is 10.2. The summed E-state index contributed by atoms with van der Waals surface area (Å²) < 4.78 is 2.09. The average Bonchev–Trinajstić information content (AvgIpc) is 2.82. The molecule has 0 amide bonds. The summed E-state index contributed by atoms with van der Waals surface area (Å²) in [5.74, 6) is 0. The summed E-state index contributed by atoms with van der Waals surface area (Å²) in [6, 6.07) is 2.10. The van der Waals surface area contributed by atoms with Gasteiger partial charge < -0.3 is 10.2 Å². The Morgan fingerprint density at radius 1 is 1.20 bits per heavy atom. The molecule has 0 unspecified atom stereocenters. The largest absolute Gasteiger partial charge is 0.311 e. The Bertz CT molecular complexity index is 314. The third-order valence-electron chi connectivity index (χ3n) is 3.27. The van der Waals surface area contributed by atoms with Gasteiger partial charge in [0.05, 0.1) is 5.69 Å². The van der Waals surface area contributed by atoms with Crippen LogP contribution in [-0.4, -0.2) is 40.9 Å². The maximum Gasteiger partial charge on any atom is 0.0522 e. The van der Waals surface area contributed by atoms with E-state index in [4.69, 9.17) is 0 Å². The van der Waals surface area contributed by atoms with Crippen LogP contribution in [-0.2, 0) is 13.1 Å². The Kier molecular flexibility index (Phi) is 15.0. The zero-order chi connectivity index (χ0) is 13.2. The van der Waals surface area contributed by atoms with E-state index >= 15 is 0 Å². The van der Waals surface area contributed by atoms with Crippen LogP contribution in [0.1, 0.15) is 39.3 Å². The highest BCUT2D eigenvalue weighted by Crippen LogP contribution is 2.00. The lowest BCUT2D eigenvalue weighted by Gasteiger charge is -2.17. The lowest BCUT2D eigenvalue weighted by atomic mass is 10.3. The number of hydrogen-bond acceptors (Lipinski definition) is 3. The van der Waals surface area contributed by atoms with Gasteiger partial charge in [0, 0.05) is 19.3 Å². The Hall–Kier alpha value is -0.290. The second-order valence-electron chi connectivity index (χ2n) is 4.60. The SMILES string of the molecule is CCCn1nccc1CNCCCN(CC)CC.Cl.Cl. The van der Waals surface area contributed by atoms with Crippen molar-refractivity contribution in [2.24, 2.45) is 0 Å². The molecular weight excluding hydrogens is 295 g/mol. The number of aromatic nitrogens is 2. The van der Waals surface area contributed by atoms with Gasteiger partial charge in [-0.3, -0.25) is 4.68 Å². The van der Waals surface area contributed by atoms with Crippen LogP contribution in [0.3, 0.4) is 0 Å². The predicted molar refractivity (Wildman–Crippen MR) is 91.1 cm³/mol. The molecule has 0 atom stereocenters. The number of halogens is 2. The van der Waals surface area contributed by atoms with Gasteiger partial charge in [-0.15, -0.1) is 24.8 Å². The molecule has 0 aliphatic carbocycles. The van der Waals surface area contributed by atoms with E-state index in [1.807, 2.05) is 6.20 Å². The van der Waals surface area contributed by atoms with Crippen LogP contribution >= 0.6 is 24.8 Å². The van der Waals surface area contributed by atoms with Crippen LogP contribution in [0.2, 0.25) is 0 Å². The summed E-state index contributed by atoms with van der Waals surface area (Å²) >= 11 is 0. The van der Waals surface area contributed by atoms with Gasteiger partial charge in [-0.2, -0.15) is 5.10 Å². The molecule has 4 nitrogen and oxygen atoms in total. The van der Waals surface area contributed by atoms with Gasteiger partial charge in [-0.25, -0.2) is 0 Å². The summed E-state index contributed by atoms with van der Waals surface area (Å²) in [4.78, 5) is 2.46. The highest BCUT2D eigenvalue weighted by atomic mass is 35.5. The first-order valence-corrected chi connectivity index (χ1v) is 7.25. The average molecular weight is 325 g/mol. The molecule has 1 N–H and O–H groups in total. The minimum Gasteiger partial charge on any atom is -0.311 e. The van der Waals surface area contributed by atoms with E-state index in [1.54, 1.807) is 0 Å². The molecule has 0 saturated carbocycles. The molecule has 0 saturated heterocycles. The van der Waals surface area contributed by atoms with E-state index in [0.29, 0.717) is 0 Å². The fourth-order valence-electron chi connectivity index (χ4n) is 2.11. The summed E-state index contributed by atoms with van der Waals surface area (Å²) in [5.41, 5.74) is 1.29. The summed E-state index contributed by atoms with van der Waals surface area (Å²) in [5, 5.41) is 7.83. The standard InChI is InChI=1S/C14H28N4.2ClH/c1-4-11-18-14(8-10-16-18)13-15-9-7-12-17(5-2)6-3;;/h8,10,15H,4-7,9,11-13H2,1-3H3;2*1H. The minimum atomic E-state index is 0. The Balaban J connectivity index is 0. The van der Waals surface area contributed by atoms with Crippen LogP contribution in [0.4, 0.5) is 0 Å². The maximum atomic E-state index is 4.33. The first-order chi connectivity index (χ1) is 8.81. The van der Waals surface area contributed by atoms with E-state index in [0.717, 1.165) is 39.1 Å². The summed E-state index contributed by atoms with van der Waals surface area (Å²) in [6.07, 6.45) is 4.24. The van der Waals surface area contributed by atoms with Crippen molar-refractivity contribution in [2.75, 3.05) is 26.2 Å². The first kappa shape index (κ1) is 22.0. The van der Waals surface area contributed by atoms with Crippen LogP contribution in [0, 0.1) is 0 Å². The minimum absolute atomic E-state index is 0. The van der Waals surface area contributed by atoms with Crippen molar-refractivity contribution in [1.82, 2.24) is 20.0 Å². The van der Waals surface area contributed by atoms with E-state index in [9.17, 15) is 0 Å². The Morgan fingerprint density at radius 3 is 2.50 bits per heavy atom. The van der Waals surface area contributed by atoms with Gasteiger partial charge >= 0.3 is 0 Å². The highest BCUT2D eigenvalue weighted by molar-refractivity contribution is 5.85. The second kappa shape index (κ2) is 13.7. The van der Waals surface area contributed by atoms with E-state index < -0.39 is 0 Å². The molecule has 20 heavy (non-hydrogen) atoms. The molecule has 0 aliphatic heterocycles. The van der Waals surface area contributed by atoms with Crippen molar-refractivity contribution in [2.45, 2.75) is 46.7 Å². The van der Waals surface area contributed by atoms with E-state index in [1.165, 1.54) is 18.7 Å². The molecule has 1 rings (SSSR count). The van der Waals surface area contributed by atoms with Crippen molar-refractivity contribution < 1.29 is 0 Å². The van der Waals surface area contributed by atoms with Gasteiger partial charge in [-0.05, 0) is 45.1 Å². The van der Waals surface area contributed by atoms with Gasteiger partial charge in [-0.1, -0.05) is 20.8 Å². The van der Waals surface area contributed by atoms with Crippen LogP contribution in [0.25, 0.3) is 0 Å². The molecular formula is C14H30Cl2N4. The topological polar surface area (TPSA) is 33.1 Å². The zero-order valence-corrected chi connectivity index (χ0v) is 14.6. The molecule has 0 radical (unpaired) electrons. The lowest BCUT2D eigenvalue weighted by molar-refractivity contribution is 0.297. The fourth-order valence-corrected chi connectivity index (χ4v) is 2.11. The molecule has 0 fully saturated rings. The molecule has 1 heterocycles. The van der Waals surface area contributed by atoms with Crippen LogP contribution in [0.5, 0.6) is 0 Å². The first-order valence-electron chi connectivity index (χ1n) is 7.25. The van der Waals surface area contributed by atoms with Crippen molar-refractivity contribution >= 4 is 24.8 Å². The highest BCUT2D eigenvalue weighted by Gasteiger charge is 2.01. The van der Waals surface area contributed by atoms with Gasteiger partial charge in [0.25, 0.3) is 0 Å². The van der Waals surface area contributed by atoms with E-state index in [-0.39, 0.29) is 24.8 Å². The third kappa shape index (κ3) is 8.10. The maximum absolute atomic E-state index is 4.33. The monoisotopic (exact) mass is 324 g/mol. The molecule has 0 aliphatic rings. The van der Waals surface area contributed by atoms with Crippen molar-refractivity contribution in [3.8, 4) is 0 Å². The lowest BCUT2D eigenvalue weighted by Crippen LogP contribution is -2.27. The zero-order valence-electron chi connectivity index (χ0n) is 13.0. The van der Waals surface area contributed by atoms with Gasteiger partial charge in [0.2, 0.25) is 0 Å². The molecule has 120 valence electrons.